The molecule has 22 heavy (non-hydrogen) atoms. The normalized spacial score (nSPS) is 13.7. The second-order valence-electron chi connectivity index (χ2n) is 6.31. The van der Waals surface area contributed by atoms with Crippen molar-refractivity contribution in [3.05, 3.63) is 33.8 Å². The Morgan fingerprint density at radius 2 is 2.05 bits per heavy atom. The van der Waals surface area contributed by atoms with Crippen LogP contribution in [0, 0.1) is 0 Å². The van der Waals surface area contributed by atoms with Gasteiger partial charge in [0.1, 0.15) is 5.60 Å². The molecule has 0 atom stereocenters. The monoisotopic (exact) mass is 368 g/mol. The van der Waals surface area contributed by atoms with Gasteiger partial charge in [-0.05, 0) is 38.0 Å². The maximum absolute atomic E-state index is 12.2. The molecule has 0 saturated heterocycles. The van der Waals surface area contributed by atoms with Gasteiger partial charge >= 0.3 is 6.09 Å². The Bertz CT molecular complexity index is 581. The number of amides is 2. The van der Waals surface area contributed by atoms with Gasteiger partial charge in [0.15, 0.2) is 0 Å². The summed E-state index contributed by atoms with van der Waals surface area (Å²) in [6, 6.07) is 5.99. The molecule has 0 fully saturated rings. The maximum atomic E-state index is 12.2. The average molecular weight is 369 g/mol. The SMILES string of the molecule is CC(C)(C)OC(=O)NCCC(=O)N1Cc2cccc(Br)c2C1. The molecular weight excluding hydrogens is 348 g/mol. The van der Waals surface area contributed by atoms with Crippen LogP contribution in [0.2, 0.25) is 0 Å². The van der Waals surface area contributed by atoms with E-state index in [2.05, 4.69) is 21.2 Å². The number of nitrogens with zero attached hydrogens (tertiary/aromatic N) is 1. The maximum Gasteiger partial charge on any atom is 0.407 e. The number of carbonyl (C=O) groups is 2. The number of rotatable bonds is 3. The highest BCUT2D eigenvalue weighted by atomic mass is 79.9. The lowest BCUT2D eigenvalue weighted by atomic mass is 10.1. The topological polar surface area (TPSA) is 58.6 Å². The van der Waals surface area contributed by atoms with Gasteiger partial charge in [0.2, 0.25) is 5.91 Å². The van der Waals surface area contributed by atoms with E-state index in [-0.39, 0.29) is 18.9 Å². The summed E-state index contributed by atoms with van der Waals surface area (Å²) in [4.78, 5) is 25.5. The van der Waals surface area contributed by atoms with E-state index in [0.717, 1.165) is 10.0 Å². The fourth-order valence-electron chi connectivity index (χ4n) is 2.30. The molecule has 1 aliphatic rings. The Labute approximate surface area is 139 Å². The zero-order chi connectivity index (χ0) is 16.3. The predicted molar refractivity (Wildman–Crippen MR) is 87.2 cm³/mol. The molecule has 2 rings (SSSR count). The van der Waals surface area contributed by atoms with Crippen LogP contribution < -0.4 is 5.32 Å². The molecule has 5 nitrogen and oxygen atoms in total. The summed E-state index contributed by atoms with van der Waals surface area (Å²) in [7, 11) is 0. The molecule has 0 bridgehead atoms. The first-order valence-electron chi connectivity index (χ1n) is 7.27. The second-order valence-corrected chi connectivity index (χ2v) is 7.16. The van der Waals surface area contributed by atoms with Crippen LogP contribution in [0.5, 0.6) is 0 Å². The number of benzene rings is 1. The number of fused-ring (bicyclic) bond motifs is 1. The van der Waals surface area contributed by atoms with Crippen LogP contribution in [-0.4, -0.2) is 29.0 Å². The first kappa shape index (κ1) is 16.8. The van der Waals surface area contributed by atoms with Gasteiger partial charge in [-0.3, -0.25) is 4.79 Å². The van der Waals surface area contributed by atoms with Crippen molar-refractivity contribution in [2.45, 2.75) is 45.9 Å². The van der Waals surface area contributed by atoms with Crippen molar-refractivity contribution < 1.29 is 14.3 Å². The largest absolute Gasteiger partial charge is 0.444 e. The van der Waals surface area contributed by atoms with Gasteiger partial charge in [-0.1, -0.05) is 28.1 Å². The van der Waals surface area contributed by atoms with Crippen LogP contribution >= 0.6 is 15.9 Å². The van der Waals surface area contributed by atoms with Gasteiger partial charge in [0, 0.05) is 30.5 Å². The third kappa shape index (κ3) is 4.47. The lowest BCUT2D eigenvalue weighted by molar-refractivity contribution is -0.131. The summed E-state index contributed by atoms with van der Waals surface area (Å²) in [5, 5.41) is 2.61. The fourth-order valence-corrected chi connectivity index (χ4v) is 2.83. The van der Waals surface area contributed by atoms with Crippen LogP contribution in [0.4, 0.5) is 4.79 Å². The van der Waals surface area contributed by atoms with E-state index in [1.807, 2.05) is 18.2 Å². The van der Waals surface area contributed by atoms with Gasteiger partial charge in [0.05, 0.1) is 0 Å². The second kappa shape index (κ2) is 6.69. The van der Waals surface area contributed by atoms with E-state index < -0.39 is 11.7 Å². The van der Waals surface area contributed by atoms with Gasteiger partial charge in [-0.15, -0.1) is 0 Å². The summed E-state index contributed by atoms with van der Waals surface area (Å²) in [6.07, 6.45) is -0.224. The van der Waals surface area contributed by atoms with Gasteiger partial charge in [0.25, 0.3) is 0 Å². The average Bonchev–Trinajstić information content (AvgIpc) is 2.82. The van der Waals surface area contributed by atoms with Crippen molar-refractivity contribution >= 4 is 27.9 Å². The summed E-state index contributed by atoms with van der Waals surface area (Å²) in [6.45, 7) is 6.93. The summed E-state index contributed by atoms with van der Waals surface area (Å²) < 4.78 is 6.16. The van der Waals surface area contributed by atoms with Crippen LogP contribution in [-0.2, 0) is 22.6 Å². The molecule has 0 radical (unpaired) electrons. The van der Waals surface area contributed by atoms with Gasteiger partial charge in [-0.2, -0.15) is 0 Å². The fraction of sp³-hybridized carbons (Fsp3) is 0.500. The molecule has 1 aromatic carbocycles. The van der Waals surface area contributed by atoms with E-state index in [9.17, 15) is 9.59 Å². The Balaban J connectivity index is 1.78. The number of hydrogen-bond acceptors (Lipinski definition) is 3. The summed E-state index contributed by atoms with van der Waals surface area (Å²) in [5.41, 5.74) is 1.80. The first-order chi connectivity index (χ1) is 10.3. The minimum atomic E-state index is -0.531. The van der Waals surface area contributed by atoms with Crippen LogP contribution in [0.3, 0.4) is 0 Å². The molecule has 1 heterocycles. The Hall–Kier alpha value is -1.56. The van der Waals surface area contributed by atoms with Crippen molar-refractivity contribution in [2.75, 3.05) is 6.54 Å². The zero-order valence-corrected chi connectivity index (χ0v) is 14.7. The third-order valence-corrected chi connectivity index (χ3v) is 4.03. The van der Waals surface area contributed by atoms with Crippen molar-refractivity contribution in [3.63, 3.8) is 0 Å². The van der Waals surface area contributed by atoms with Crippen LogP contribution in [0.15, 0.2) is 22.7 Å². The zero-order valence-electron chi connectivity index (χ0n) is 13.1. The highest BCUT2D eigenvalue weighted by Crippen LogP contribution is 2.29. The standard InChI is InChI=1S/C16H21BrN2O3/c1-16(2,3)22-15(21)18-8-7-14(20)19-9-11-5-4-6-13(17)12(11)10-19/h4-6H,7-10H2,1-3H3,(H,18,21). The Morgan fingerprint density at radius 1 is 1.32 bits per heavy atom. The number of hydrogen-bond donors (Lipinski definition) is 1. The number of halogens is 1. The van der Waals surface area contributed by atoms with Gasteiger partial charge < -0.3 is 15.0 Å². The molecule has 0 unspecified atom stereocenters. The van der Waals surface area contributed by atoms with Gasteiger partial charge in [-0.25, -0.2) is 4.79 Å². The Kier molecular flexibility index (Phi) is 5.11. The minimum absolute atomic E-state index is 0.0270. The van der Waals surface area contributed by atoms with E-state index in [0.29, 0.717) is 13.1 Å². The smallest absolute Gasteiger partial charge is 0.407 e. The molecular formula is C16H21BrN2O3. The quantitative estimate of drug-likeness (QED) is 0.890. The first-order valence-corrected chi connectivity index (χ1v) is 8.06. The lowest BCUT2D eigenvalue weighted by Gasteiger charge is -2.20. The minimum Gasteiger partial charge on any atom is -0.444 e. The third-order valence-electron chi connectivity index (χ3n) is 3.29. The number of alkyl carbamates (subject to hydrolysis) is 1. The van der Waals surface area contributed by atoms with E-state index >= 15 is 0 Å². The predicted octanol–water partition coefficient (Wildman–Crippen LogP) is 3.21. The molecule has 1 aliphatic heterocycles. The number of carbonyl (C=O) groups excluding carboxylic acids is 2. The molecule has 6 heteroatoms. The van der Waals surface area contributed by atoms with Crippen molar-refractivity contribution in [3.8, 4) is 0 Å². The van der Waals surface area contributed by atoms with Crippen molar-refractivity contribution in [1.29, 1.82) is 0 Å². The van der Waals surface area contributed by atoms with Crippen molar-refractivity contribution in [1.82, 2.24) is 10.2 Å². The molecule has 1 N–H and O–H groups in total. The Morgan fingerprint density at radius 3 is 2.68 bits per heavy atom. The molecule has 1 aromatic rings. The molecule has 2 amide bonds. The summed E-state index contributed by atoms with van der Waals surface area (Å²) >= 11 is 3.51. The van der Waals surface area contributed by atoms with E-state index in [1.165, 1.54) is 5.56 Å². The summed E-state index contributed by atoms with van der Waals surface area (Å²) in [5.74, 6) is 0.0270. The molecule has 0 aromatic heterocycles. The van der Waals surface area contributed by atoms with Crippen LogP contribution in [0.25, 0.3) is 0 Å². The van der Waals surface area contributed by atoms with Crippen molar-refractivity contribution in [2.24, 2.45) is 0 Å². The molecule has 0 spiro atoms. The number of ether oxygens (including phenoxy) is 1. The molecule has 0 aliphatic carbocycles. The lowest BCUT2D eigenvalue weighted by Crippen LogP contribution is -2.35. The van der Waals surface area contributed by atoms with Crippen LogP contribution in [0.1, 0.15) is 38.3 Å². The number of nitrogens with one attached hydrogen (secondary N) is 1. The molecule has 120 valence electrons. The van der Waals surface area contributed by atoms with E-state index in [4.69, 9.17) is 4.74 Å². The highest BCUT2D eigenvalue weighted by molar-refractivity contribution is 9.10. The molecule has 0 saturated carbocycles. The van der Waals surface area contributed by atoms with E-state index in [1.54, 1.807) is 25.7 Å². The highest BCUT2D eigenvalue weighted by Gasteiger charge is 2.24.